The molecule has 8 nitrogen and oxygen atoms in total. The predicted molar refractivity (Wildman–Crippen MR) is 84.8 cm³/mol. The van der Waals surface area contributed by atoms with Crippen molar-refractivity contribution in [1.82, 2.24) is 14.3 Å². The van der Waals surface area contributed by atoms with E-state index >= 15 is 0 Å². The summed E-state index contributed by atoms with van der Waals surface area (Å²) in [6, 6.07) is 6.37. The van der Waals surface area contributed by atoms with Gasteiger partial charge in [0.25, 0.3) is 5.69 Å². The van der Waals surface area contributed by atoms with Crippen LogP contribution >= 0.6 is 11.9 Å². The number of hydrogen-bond donors (Lipinski definition) is 0. The lowest BCUT2D eigenvalue weighted by atomic mass is 10.3. The largest absolute Gasteiger partial charge is 0.379 e. The normalized spacial score (nSPS) is 19.9. The molecule has 0 aliphatic carbocycles. The van der Waals surface area contributed by atoms with Crippen LogP contribution in [0.1, 0.15) is 6.42 Å². The van der Waals surface area contributed by atoms with Gasteiger partial charge in [0.15, 0.2) is 0 Å². The zero-order chi connectivity index (χ0) is 16.2. The highest BCUT2D eigenvalue weighted by atomic mass is 32.2. The van der Waals surface area contributed by atoms with Crippen LogP contribution in [-0.4, -0.2) is 64.7 Å². The van der Waals surface area contributed by atoms with Gasteiger partial charge in [-0.15, -0.1) is 0 Å². The van der Waals surface area contributed by atoms with Gasteiger partial charge in [0, 0.05) is 32.2 Å². The number of morpholine rings is 1. The Kier molecular flexibility index (Phi) is 4.99. The van der Waals surface area contributed by atoms with E-state index in [1.165, 1.54) is 6.07 Å². The number of para-hydroxylation sites is 1. The minimum atomic E-state index is -0.420. The number of nitrogens with zero attached hydrogens (tertiary/aromatic N) is 4. The lowest BCUT2D eigenvalue weighted by molar-refractivity contribution is -0.387. The molecule has 1 aromatic rings. The fraction of sp³-hybridized carbons (Fsp3) is 0.500. The Morgan fingerprint density at radius 1 is 1.13 bits per heavy atom. The fourth-order valence-electron chi connectivity index (χ4n) is 2.63. The predicted octanol–water partition coefficient (Wildman–Crippen LogP) is 1.98. The maximum Gasteiger partial charge on any atom is 0.344 e. The van der Waals surface area contributed by atoms with Crippen molar-refractivity contribution >= 4 is 23.7 Å². The molecular weight excluding hydrogens is 320 g/mol. The van der Waals surface area contributed by atoms with Crippen LogP contribution in [0.25, 0.3) is 0 Å². The standard InChI is InChI=1S/C14H18N4O4S/c19-14-16(15-8-10-22-11-9-15)6-3-7-17(14)23-13-5-2-1-4-12(13)18(20)21/h1-2,4-5H,3,6-11H2. The van der Waals surface area contributed by atoms with E-state index in [1.54, 1.807) is 27.5 Å². The molecule has 3 rings (SSSR count). The topological polar surface area (TPSA) is 79.2 Å². The SMILES string of the molecule is O=C1N(Sc2ccccc2[N+](=O)[O-])CCCN1N1CCOCC1. The summed E-state index contributed by atoms with van der Waals surface area (Å²) in [6.07, 6.45) is 0.830. The van der Waals surface area contributed by atoms with Crippen molar-refractivity contribution in [3.8, 4) is 0 Å². The minimum absolute atomic E-state index is 0.0220. The van der Waals surface area contributed by atoms with E-state index in [9.17, 15) is 14.9 Å². The average Bonchev–Trinajstić information content (AvgIpc) is 2.58. The number of hydrogen-bond acceptors (Lipinski definition) is 6. The van der Waals surface area contributed by atoms with Gasteiger partial charge in [-0.25, -0.2) is 9.80 Å². The Bertz CT molecular complexity index is 594. The number of carbonyl (C=O) groups excluding carboxylic acids is 1. The second-order valence-corrected chi connectivity index (χ2v) is 6.31. The molecule has 124 valence electrons. The first-order chi connectivity index (χ1) is 11.2. The molecule has 1 aromatic carbocycles. The quantitative estimate of drug-likeness (QED) is 0.474. The second-order valence-electron chi connectivity index (χ2n) is 5.24. The summed E-state index contributed by atoms with van der Waals surface area (Å²) in [4.78, 5) is 23.9. The number of ether oxygens (including phenoxy) is 1. The Hall–Kier alpha value is -1.84. The van der Waals surface area contributed by atoms with Crippen molar-refractivity contribution in [3.05, 3.63) is 34.4 Å². The molecule has 2 fully saturated rings. The number of nitro benzene ring substituents is 1. The van der Waals surface area contributed by atoms with Gasteiger partial charge < -0.3 is 4.74 Å². The van der Waals surface area contributed by atoms with Gasteiger partial charge in [-0.05, 0) is 24.4 Å². The first-order valence-corrected chi connectivity index (χ1v) is 8.27. The smallest absolute Gasteiger partial charge is 0.344 e. The van der Waals surface area contributed by atoms with Crippen LogP contribution in [-0.2, 0) is 4.74 Å². The Morgan fingerprint density at radius 3 is 2.61 bits per heavy atom. The van der Waals surface area contributed by atoms with Crippen molar-refractivity contribution in [2.45, 2.75) is 11.3 Å². The summed E-state index contributed by atoms with van der Waals surface area (Å²) in [5, 5.41) is 14.8. The maximum atomic E-state index is 12.7. The van der Waals surface area contributed by atoms with Gasteiger partial charge in [-0.3, -0.25) is 19.4 Å². The maximum absolute atomic E-state index is 12.7. The third-order valence-corrected chi connectivity index (χ3v) is 4.87. The van der Waals surface area contributed by atoms with Gasteiger partial charge in [0.1, 0.15) is 4.90 Å². The van der Waals surface area contributed by atoms with Crippen molar-refractivity contribution in [2.24, 2.45) is 0 Å². The van der Waals surface area contributed by atoms with Gasteiger partial charge in [-0.2, -0.15) is 0 Å². The molecule has 0 saturated carbocycles. The van der Waals surface area contributed by atoms with E-state index in [4.69, 9.17) is 4.74 Å². The molecule has 9 heteroatoms. The number of amides is 2. The van der Waals surface area contributed by atoms with Crippen molar-refractivity contribution in [1.29, 1.82) is 0 Å². The number of nitro groups is 1. The van der Waals surface area contributed by atoms with Gasteiger partial charge in [-0.1, -0.05) is 12.1 Å². The third-order valence-electron chi connectivity index (χ3n) is 3.76. The van der Waals surface area contributed by atoms with Gasteiger partial charge >= 0.3 is 6.03 Å². The Morgan fingerprint density at radius 2 is 1.87 bits per heavy atom. The molecule has 0 radical (unpaired) electrons. The minimum Gasteiger partial charge on any atom is -0.379 e. The highest BCUT2D eigenvalue weighted by Gasteiger charge is 2.32. The number of benzene rings is 1. The first kappa shape index (κ1) is 16.0. The monoisotopic (exact) mass is 338 g/mol. The molecule has 0 N–H and O–H groups in total. The number of rotatable bonds is 4. The molecule has 2 saturated heterocycles. The molecular formula is C14H18N4O4S. The summed E-state index contributed by atoms with van der Waals surface area (Å²) in [5.41, 5.74) is 0.0220. The number of carbonyl (C=O) groups is 1. The van der Waals surface area contributed by atoms with Crippen molar-refractivity contribution in [2.75, 3.05) is 39.4 Å². The Balaban J connectivity index is 1.73. The molecule has 2 aliphatic rings. The fourth-order valence-corrected chi connectivity index (χ4v) is 3.64. The van der Waals surface area contributed by atoms with E-state index < -0.39 is 4.92 Å². The second kappa shape index (κ2) is 7.16. The highest BCUT2D eigenvalue weighted by molar-refractivity contribution is 7.97. The summed E-state index contributed by atoms with van der Waals surface area (Å²) >= 11 is 1.14. The molecule has 2 aliphatic heterocycles. The number of urea groups is 1. The van der Waals surface area contributed by atoms with Crippen molar-refractivity contribution in [3.63, 3.8) is 0 Å². The van der Waals surface area contributed by atoms with Gasteiger partial charge in [0.2, 0.25) is 0 Å². The molecule has 2 heterocycles. The molecule has 23 heavy (non-hydrogen) atoms. The van der Waals surface area contributed by atoms with E-state index in [-0.39, 0.29) is 11.7 Å². The Labute approximate surface area is 138 Å². The first-order valence-electron chi connectivity index (χ1n) is 7.50. The van der Waals surface area contributed by atoms with Crippen molar-refractivity contribution < 1.29 is 14.5 Å². The van der Waals surface area contributed by atoms with Crippen LogP contribution in [0.5, 0.6) is 0 Å². The van der Waals surface area contributed by atoms with Crippen LogP contribution in [0.4, 0.5) is 10.5 Å². The van der Waals surface area contributed by atoms with E-state index in [0.717, 1.165) is 18.4 Å². The van der Waals surface area contributed by atoms with Crippen LogP contribution in [0.3, 0.4) is 0 Å². The molecule has 0 unspecified atom stereocenters. The van der Waals surface area contributed by atoms with Crippen LogP contribution in [0, 0.1) is 10.1 Å². The van der Waals surface area contributed by atoms with Crippen LogP contribution in [0.2, 0.25) is 0 Å². The average molecular weight is 338 g/mol. The summed E-state index contributed by atoms with van der Waals surface area (Å²) in [5.74, 6) is 0. The van der Waals surface area contributed by atoms with E-state index in [1.807, 2.05) is 5.01 Å². The van der Waals surface area contributed by atoms with Crippen LogP contribution < -0.4 is 0 Å². The third kappa shape index (κ3) is 3.57. The van der Waals surface area contributed by atoms with Gasteiger partial charge in [0.05, 0.1) is 18.1 Å². The molecule has 2 amide bonds. The lowest BCUT2D eigenvalue weighted by Crippen LogP contribution is -2.57. The molecule has 0 aromatic heterocycles. The molecule has 0 atom stereocenters. The lowest BCUT2D eigenvalue weighted by Gasteiger charge is -2.42. The zero-order valence-electron chi connectivity index (χ0n) is 12.6. The van der Waals surface area contributed by atoms with E-state index in [0.29, 0.717) is 44.3 Å². The molecule has 0 bridgehead atoms. The summed E-state index contributed by atoms with van der Waals surface area (Å²) in [7, 11) is 0. The highest BCUT2D eigenvalue weighted by Crippen LogP contribution is 2.33. The summed E-state index contributed by atoms with van der Waals surface area (Å²) in [6.45, 7) is 3.86. The van der Waals surface area contributed by atoms with Crippen LogP contribution in [0.15, 0.2) is 29.2 Å². The summed E-state index contributed by atoms with van der Waals surface area (Å²) < 4.78 is 6.92. The van der Waals surface area contributed by atoms with E-state index in [2.05, 4.69) is 0 Å². The number of hydrazine groups is 1. The molecule has 0 spiro atoms. The zero-order valence-corrected chi connectivity index (χ0v) is 13.4.